The van der Waals surface area contributed by atoms with E-state index < -0.39 is 0 Å². The van der Waals surface area contributed by atoms with Gasteiger partial charge in [0.15, 0.2) is 0 Å². The highest BCUT2D eigenvalue weighted by molar-refractivity contribution is 5.97. The molecule has 1 saturated heterocycles. The van der Waals surface area contributed by atoms with Crippen LogP contribution in [0.2, 0.25) is 0 Å². The molecule has 2 aromatic carbocycles. The molecule has 1 amide bonds. The third-order valence-electron chi connectivity index (χ3n) is 4.69. The van der Waals surface area contributed by atoms with Crippen molar-refractivity contribution in [2.24, 2.45) is 7.05 Å². The first-order valence-electron chi connectivity index (χ1n) is 8.04. The summed E-state index contributed by atoms with van der Waals surface area (Å²) in [6.07, 6.45) is 0.467. The van der Waals surface area contributed by atoms with Gasteiger partial charge in [0.2, 0.25) is 5.91 Å². The number of nitrogens with zero attached hydrogens (tertiary/aromatic N) is 3. The number of aromatic nitrogens is 2. The Balaban J connectivity index is 1.69. The number of amides is 1. The molecule has 1 aliphatic heterocycles. The van der Waals surface area contributed by atoms with Crippen LogP contribution in [0, 0.1) is 0 Å². The van der Waals surface area contributed by atoms with Gasteiger partial charge in [-0.1, -0.05) is 24.3 Å². The van der Waals surface area contributed by atoms with Gasteiger partial charge in [-0.3, -0.25) is 4.79 Å². The Labute approximate surface area is 140 Å². The highest BCUT2D eigenvalue weighted by Gasteiger charge is 2.35. The SMILES string of the molecule is COc1ccccc1N1C[C@@H](c2nc3ccccc3n2C)CC1=O. The molecule has 1 aliphatic rings. The molecule has 3 aromatic rings. The quantitative estimate of drug-likeness (QED) is 0.745. The molecule has 5 nitrogen and oxygen atoms in total. The standard InChI is InChI=1S/C19H19N3O2/c1-21-15-8-4-3-7-14(15)20-19(21)13-11-18(23)22(12-13)16-9-5-6-10-17(16)24-2/h3-10,13H,11-12H2,1-2H3/t13-/m0/s1. The van der Waals surface area contributed by atoms with Crippen molar-refractivity contribution >= 4 is 22.6 Å². The zero-order chi connectivity index (χ0) is 16.7. The Bertz CT molecular complexity index is 916. The third-order valence-corrected chi connectivity index (χ3v) is 4.69. The van der Waals surface area contributed by atoms with E-state index in [2.05, 4.69) is 10.6 Å². The molecule has 0 saturated carbocycles. The maximum Gasteiger partial charge on any atom is 0.227 e. The van der Waals surface area contributed by atoms with E-state index in [9.17, 15) is 4.79 Å². The minimum absolute atomic E-state index is 0.0832. The highest BCUT2D eigenvalue weighted by atomic mass is 16.5. The minimum Gasteiger partial charge on any atom is -0.495 e. The molecule has 0 unspecified atom stereocenters. The highest BCUT2D eigenvalue weighted by Crippen LogP contribution is 2.36. The minimum atomic E-state index is 0.0832. The number of hydrogen-bond donors (Lipinski definition) is 0. The molecule has 122 valence electrons. The topological polar surface area (TPSA) is 47.4 Å². The number of anilines is 1. The van der Waals surface area contributed by atoms with Crippen molar-refractivity contribution in [2.45, 2.75) is 12.3 Å². The van der Waals surface area contributed by atoms with Crippen LogP contribution in [0.3, 0.4) is 0 Å². The van der Waals surface area contributed by atoms with Gasteiger partial charge in [-0.2, -0.15) is 0 Å². The number of hydrogen-bond acceptors (Lipinski definition) is 3. The van der Waals surface area contributed by atoms with E-state index in [1.54, 1.807) is 7.11 Å². The fourth-order valence-electron chi connectivity index (χ4n) is 3.50. The number of rotatable bonds is 3. The molecule has 1 fully saturated rings. The lowest BCUT2D eigenvalue weighted by atomic mass is 10.1. The van der Waals surface area contributed by atoms with Crippen LogP contribution in [-0.4, -0.2) is 29.1 Å². The number of methoxy groups -OCH3 is 1. The van der Waals surface area contributed by atoms with E-state index in [1.165, 1.54) is 0 Å². The Morgan fingerprint density at radius 1 is 1.12 bits per heavy atom. The van der Waals surface area contributed by atoms with Gasteiger partial charge >= 0.3 is 0 Å². The number of benzene rings is 2. The normalized spacial score (nSPS) is 17.7. The van der Waals surface area contributed by atoms with Crippen molar-refractivity contribution in [2.75, 3.05) is 18.6 Å². The Morgan fingerprint density at radius 2 is 1.88 bits per heavy atom. The summed E-state index contributed by atoms with van der Waals surface area (Å²) in [5, 5.41) is 0. The fourth-order valence-corrected chi connectivity index (χ4v) is 3.50. The largest absolute Gasteiger partial charge is 0.495 e. The monoisotopic (exact) mass is 321 g/mol. The molecular formula is C19H19N3O2. The van der Waals surface area contributed by atoms with E-state index in [0.717, 1.165) is 28.3 Å². The molecule has 24 heavy (non-hydrogen) atoms. The maximum atomic E-state index is 12.6. The molecule has 0 aliphatic carbocycles. The average molecular weight is 321 g/mol. The van der Waals surface area contributed by atoms with Crippen LogP contribution in [0.5, 0.6) is 5.75 Å². The fraction of sp³-hybridized carbons (Fsp3) is 0.263. The second-order valence-electron chi connectivity index (χ2n) is 6.09. The van der Waals surface area contributed by atoms with Crippen LogP contribution in [0.15, 0.2) is 48.5 Å². The van der Waals surface area contributed by atoms with Crippen molar-refractivity contribution in [1.82, 2.24) is 9.55 Å². The predicted molar refractivity (Wildman–Crippen MR) is 93.4 cm³/mol. The van der Waals surface area contributed by atoms with Gasteiger partial charge in [-0.05, 0) is 24.3 Å². The summed E-state index contributed by atoms with van der Waals surface area (Å²) in [6.45, 7) is 0.621. The summed E-state index contributed by atoms with van der Waals surface area (Å²) in [5.74, 6) is 1.87. The molecule has 4 rings (SSSR count). The van der Waals surface area contributed by atoms with Crippen molar-refractivity contribution in [3.05, 3.63) is 54.4 Å². The smallest absolute Gasteiger partial charge is 0.227 e. The number of ether oxygens (including phenoxy) is 1. The van der Waals surface area contributed by atoms with E-state index in [0.29, 0.717) is 13.0 Å². The first kappa shape index (κ1) is 14.8. The van der Waals surface area contributed by atoms with Gasteiger partial charge in [0.25, 0.3) is 0 Å². The summed E-state index contributed by atoms with van der Waals surface area (Å²) < 4.78 is 7.50. The number of carbonyl (C=O) groups is 1. The summed E-state index contributed by atoms with van der Waals surface area (Å²) in [6, 6.07) is 15.7. The summed E-state index contributed by atoms with van der Waals surface area (Å²) in [4.78, 5) is 19.1. The first-order chi connectivity index (χ1) is 11.7. The molecule has 1 atom stereocenters. The second kappa shape index (κ2) is 5.67. The van der Waals surface area contributed by atoms with Gasteiger partial charge < -0.3 is 14.2 Å². The number of fused-ring (bicyclic) bond motifs is 1. The van der Waals surface area contributed by atoms with Crippen LogP contribution < -0.4 is 9.64 Å². The lowest BCUT2D eigenvalue weighted by molar-refractivity contribution is -0.117. The Kier molecular flexibility index (Phi) is 3.49. The van der Waals surface area contributed by atoms with Crippen LogP contribution >= 0.6 is 0 Å². The third kappa shape index (κ3) is 2.24. The lowest BCUT2D eigenvalue weighted by Gasteiger charge is -2.19. The number of imidazole rings is 1. The van der Waals surface area contributed by atoms with Crippen LogP contribution in [0.1, 0.15) is 18.2 Å². The van der Waals surface area contributed by atoms with Gasteiger partial charge in [-0.25, -0.2) is 4.98 Å². The molecule has 0 radical (unpaired) electrons. The molecule has 0 bridgehead atoms. The maximum absolute atomic E-state index is 12.6. The van der Waals surface area contributed by atoms with Crippen LogP contribution in [0.4, 0.5) is 5.69 Å². The van der Waals surface area contributed by atoms with Crippen molar-refractivity contribution in [3.63, 3.8) is 0 Å². The van der Waals surface area contributed by atoms with E-state index in [-0.39, 0.29) is 11.8 Å². The van der Waals surface area contributed by atoms with Gasteiger partial charge in [0.05, 0.1) is 23.8 Å². The first-order valence-corrected chi connectivity index (χ1v) is 8.04. The van der Waals surface area contributed by atoms with Crippen molar-refractivity contribution < 1.29 is 9.53 Å². The number of carbonyl (C=O) groups excluding carboxylic acids is 1. The molecule has 0 spiro atoms. The average Bonchev–Trinajstić information content (AvgIpc) is 3.15. The number of para-hydroxylation sites is 4. The van der Waals surface area contributed by atoms with Gasteiger partial charge in [0.1, 0.15) is 11.6 Å². The lowest BCUT2D eigenvalue weighted by Crippen LogP contribution is -2.25. The second-order valence-corrected chi connectivity index (χ2v) is 6.09. The Morgan fingerprint density at radius 3 is 2.67 bits per heavy atom. The molecule has 0 N–H and O–H groups in total. The number of aryl methyl sites for hydroxylation is 1. The zero-order valence-corrected chi connectivity index (χ0v) is 13.8. The van der Waals surface area contributed by atoms with Gasteiger partial charge in [-0.15, -0.1) is 0 Å². The molecule has 2 heterocycles. The van der Waals surface area contributed by atoms with E-state index in [1.807, 2.05) is 54.4 Å². The molecular weight excluding hydrogens is 302 g/mol. The van der Waals surface area contributed by atoms with E-state index in [4.69, 9.17) is 9.72 Å². The Hall–Kier alpha value is -2.82. The predicted octanol–water partition coefficient (Wildman–Crippen LogP) is 3.10. The molecule has 5 heteroatoms. The van der Waals surface area contributed by atoms with Crippen molar-refractivity contribution in [1.29, 1.82) is 0 Å². The van der Waals surface area contributed by atoms with Crippen LogP contribution in [0.25, 0.3) is 11.0 Å². The zero-order valence-electron chi connectivity index (χ0n) is 13.8. The summed E-state index contributed by atoms with van der Waals surface area (Å²) in [5.41, 5.74) is 2.89. The van der Waals surface area contributed by atoms with Gasteiger partial charge in [0, 0.05) is 25.9 Å². The van der Waals surface area contributed by atoms with E-state index >= 15 is 0 Å². The van der Waals surface area contributed by atoms with Crippen molar-refractivity contribution in [3.8, 4) is 5.75 Å². The summed E-state index contributed by atoms with van der Waals surface area (Å²) >= 11 is 0. The summed E-state index contributed by atoms with van der Waals surface area (Å²) in [7, 11) is 3.64. The molecule has 1 aromatic heterocycles. The van der Waals surface area contributed by atoms with Crippen LogP contribution in [-0.2, 0) is 11.8 Å².